The topological polar surface area (TPSA) is 134 Å². The first-order valence-electron chi connectivity index (χ1n) is 30.4. The van der Waals surface area contributed by atoms with Crippen LogP contribution in [0.3, 0.4) is 0 Å². The van der Waals surface area contributed by atoms with Gasteiger partial charge in [-0.1, -0.05) is 175 Å². The molecule has 2 bridgehead atoms. The third-order valence-electron chi connectivity index (χ3n) is 18.2. The number of oxazole rings is 1. The minimum Gasteiger partial charge on any atom is -0.462 e. The molecule has 0 fully saturated rings. The number of hydrogen-bond acceptors (Lipinski definition) is 12. The maximum atomic E-state index is 14.9. The zero-order valence-corrected chi connectivity index (χ0v) is 55.6. The lowest BCUT2D eigenvalue weighted by Gasteiger charge is -2.45. The molecule has 4 rings (SSSR count). The number of rotatable bonds is 29. The van der Waals surface area contributed by atoms with Crippen LogP contribution in [-0.4, -0.2) is 113 Å². The van der Waals surface area contributed by atoms with Crippen molar-refractivity contribution in [3.05, 3.63) is 103 Å². The van der Waals surface area contributed by atoms with Crippen molar-refractivity contribution in [1.29, 1.82) is 0 Å². The molecule has 0 radical (unpaired) electrons. The van der Waals surface area contributed by atoms with Crippen LogP contribution >= 0.6 is 0 Å². The van der Waals surface area contributed by atoms with Crippen LogP contribution in [0.5, 0.6) is 0 Å². The summed E-state index contributed by atoms with van der Waals surface area (Å²) < 4.78 is 59.5. The Labute approximate surface area is 487 Å². The largest absolute Gasteiger partial charge is 0.462 e. The molecule has 450 valence electrons. The van der Waals surface area contributed by atoms with Gasteiger partial charge in [-0.25, -0.2) is 4.98 Å². The molecule has 80 heavy (non-hydrogen) atoms. The molecule has 15 heteroatoms. The zero-order valence-electron chi connectivity index (χ0n) is 52.6. The van der Waals surface area contributed by atoms with Gasteiger partial charge in [0.15, 0.2) is 22.5 Å². The van der Waals surface area contributed by atoms with Gasteiger partial charge in [0.1, 0.15) is 29.9 Å². The molecule has 0 aliphatic carbocycles. The molecule has 0 amide bonds. The molecular weight excluding hydrogens is 1050 g/mol. The van der Waals surface area contributed by atoms with Gasteiger partial charge in [0.05, 0.1) is 36.9 Å². The minimum atomic E-state index is -2.71. The summed E-state index contributed by atoms with van der Waals surface area (Å²) in [5, 5.41) is 2.36. The van der Waals surface area contributed by atoms with E-state index in [9.17, 15) is 9.59 Å². The number of Topliss-reactive ketones (excluding diaryl/α,β-unsaturated/α-hetero) is 1. The Morgan fingerprint density at radius 3 is 1.86 bits per heavy atom. The lowest BCUT2D eigenvalue weighted by molar-refractivity contribution is -0.166. The molecule has 0 saturated heterocycles. The van der Waals surface area contributed by atoms with Crippen LogP contribution in [0, 0.1) is 17.3 Å². The van der Waals surface area contributed by atoms with Gasteiger partial charge >= 0.3 is 5.97 Å². The number of hydrogen-bond donors (Lipinski definition) is 0. The number of fused-ring (bicyclic) bond motifs is 2. The summed E-state index contributed by atoms with van der Waals surface area (Å²) in [7, 11) is -0.357. The van der Waals surface area contributed by atoms with Crippen molar-refractivity contribution >= 4 is 47.1 Å². The van der Waals surface area contributed by atoms with Crippen molar-refractivity contribution in [3.8, 4) is 0 Å². The number of aromatic nitrogens is 1. The van der Waals surface area contributed by atoms with E-state index in [4.69, 9.17) is 46.4 Å². The maximum absolute atomic E-state index is 14.9. The SMILES string of the molecule is CC[Si](CC)(CC)O[C@@H]1CC(=O)O[C@@H](C[C@H](OC)[C@@H](C)CCC(=O)[C@H](C)[C@@H](CCCO[Si](c2ccccc2)(c2ccccc2)C(C)(C)C)OC)C(C)(C)[C@@H](O[Si](CC)(CC)CC)Cc2nc(co2)[C@@H](OC)C/C=C/C=C/[C@H](OC)C1. The van der Waals surface area contributed by atoms with Crippen LogP contribution in [0.4, 0.5) is 0 Å². The van der Waals surface area contributed by atoms with Crippen LogP contribution in [0.15, 0.2) is 95.6 Å². The molecule has 0 spiro atoms. The number of nitrogens with zero attached hydrogens (tertiary/aromatic N) is 1. The molecule has 12 nitrogen and oxygen atoms in total. The fourth-order valence-corrected chi connectivity index (χ4v) is 22.5. The van der Waals surface area contributed by atoms with Gasteiger partial charge < -0.3 is 41.4 Å². The number of carbonyl (C=O) groups excluding carboxylic acids is 2. The van der Waals surface area contributed by atoms with E-state index >= 15 is 0 Å². The quantitative estimate of drug-likeness (QED) is 0.0372. The molecule has 1 aromatic heterocycles. The minimum absolute atomic E-state index is 0.0669. The van der Waals surface area contributed by atoms with Crippen LogP contribution in [0.2, 0.25) is 41.3 Å². The maximum Gasteiger partial charge on any atom is 0.308 e. The average Bonchev–Trinajstić information content (AvgIpc) is 4.08. The van der Waals surface area contributed by atoms with Gasteiger partial charge in [-0.3, -0.25) is 9.59 Å². The lowest BCUT2D eigenvalue weighted by Crippen LogP contribution is -2.66. The fraction of sp³-hybridized carbons (Fsp3) is 0.677. The van der Waals surface area contributed by atoms with E-state index in [1.165, 1.54) is 10.4 Å². The van der Waals surface area contributed by atoms with Gasteiger partial charge in [0.2, 0.25) is 0 Å². The highest BCUT2D eigenvalue weighted by Crippen LogP contribution is 2.41. The van der Waals surface area contributed by atoms with Crippen molar-refractivity contribution < 1.29 is 51.0 Å². The molecule has 0 N–H and O–H groups in total. The van der Waals surface area contributed by atoms with E-state index in [1.54, 1.807) is 34.7 Å². The second-order valence-electron chi connectivity index (χ2n) is 24.2. The number of allylic oxidation sites excluding steroid dienone is 2. The summed E-state index contributed by atoms with van der Waals surface area (Å²) >= 11 is 0. The number of benzene rings is 2. The third kappa shape index (κ3) is 18.6. The standard InChI is InChI=1S/C65H107NO11Si3/c1-18-78(19-2,20-3)76-52-44-51(69-14)34-27-24-32-39-58(71-16)55-48-73-62(66-55)47-61(77-79(21-4,22-5)23-6)65(12,13)60(75-63(68)45-52)46-59(72-17)49(7)41-42-56(67)50(8)57(70-15)40-33-43-74-80(64(9,10)11,53-35-28-25-29-36-53)54-37-30-26-31-38-54/h24-32,34-38,48-52,57-61H,18-23,33,39-47H2,1-17H3/b32-24+,34-27+/t49-,50-,51-,52-,57+,58-,59-,60-,61-/m0/s1. The van der Waals surface area contributed by atoms with Crippen molar-refractivity contribution in [1.82, 2.24) is 4.98 Å². The Morgan fingerprint density at radius 1 is 0.762 bits per heavy atom. The van der Waals surface area contributed by atoms with Crippen molar-refractivity contribution in [2.24, 2.45) is 17.3 Å². The Bertz CT molecular complexity index is 2240. The third-order valence-corrected chi connectivity index (χ3v) is 32.6. The second kappa shape index (κ2) is 33.2. The molecule has 1 aliphatic heterocycles. The monoisotopic (exact) mass is 1160 g/mol. The molecule has 2 aromatic carbocycles. The van der Waals surface area contributed by atoms with Gasteiger partial charge in [-0.15, -0.1) is 0 Å². The van der Waals surface area contributed by atoms with Gasteiger partial charge in [-0.2, -0.15) is 0 Å². The number of ether oxygens (including phenoxy) is 5. The first-order chi connectivity index (χ1) is 38.1. The summed E-state index contributed by atoms with van der Waals surface area (Å²) in [6.45, 7) is 29.2. The number of methoxy groups -OCH3 is 4. The summed E-state index contributed by atoms with van der Waals surface area (Å²) in [5.74, 6) is -0.0380. The molecule has 0 saturated carbocycles. The van der Waals surface area contributed by atoms with E-state index in [0.29, 0.717) is 63.1 Å². The Kier molecular flexibility index (Phi) is 28.7. The highest BCUT2D eigenvalue weighted by atomic mass is 28.4. The normalized spacial score (nSPS) is 22.5. The van der Waals surface area contributed by atoms with Crippen molar-refractivity contribution in [3.63, 3.8) is 0 Å². The van der Waals surface area contributed by atoms with Crippen molar-refractivity contribution in [2.75, 3.05) is 35.0 Å². The molecule has 2 heterocycles. The first kappa shape index (κ1) is 69.1. The Hall–Kier alpha value is -3.36. The van der Waals surface area contributed by atoms with E-state index in [2.05, 4.69) is 150 Å². The number of carbonyl (C=O) groups is 2. The molecular formula is C65H107NO11Si3. The fourth-order valence-electron chi connectivity index (χ4n) is 12.0. The van der Waals surface area contributed by atoms with Crippen LogP contribution in [0.25, 0.3) is 0 Å². The van der Waals surface area contributed by atoms with E-state index in [-0.39, 0.29) is 59.5 Å². The lowest BCUT2D eigenvalue weighted by atomic mass is 9.75. The van der Waals surface area contributed by atoms with Crippen LogP contribution in [-0.2, 0) is 53.0 Å². The average molecular weight is 1160 g/mol. The van der Waals surface area contributed by atoms with Gasteiger partial charge in [0.25, 0.3) is 8.32 Å². The number of cyclic esters (lactones) is 1. The number of ketones is 1. The molecule has 0 unspecified atom stereocenters. The Morgan fingerprint density at radius 2 is 1.34 bits per heavy atom. The Balaban J connectivity index is 1.65. The van der Waals surface area contributed by atoms with E-state index < -0.39 is 48.7 Å². The highest BCUT2D eigenvalue weighted by molar-refractivity contribution is 6.99. The summed E-state index contributed by atoms with van der Waals surface area (Å²) in [5.41, 5.74) is -0.0665. The molecule has 3 aromatic rings. The summed E-state index contributed by atoms with van der Waals surface area (Å²) in [6, 6.07) is 27.0. The van der Waals surface area contributed by atoms with Crippen molar-refractivity contribution in [2.45, 2.75) is 232 Å². The van der Waals surface area contributed by atoms with E-state index in [1.807, 2.05) is 25.2 Å². The van der Waals surface area contributed by atoms with Gasteiger partial charge in [-0.05, 0) is 83.3 Å². The second-order valence-corrected chi connectivity index (χ2v) is 38.0. The van der Waals surface area contributed by atoms with Gasteiger partial charge in [0, 0.05) is 72.1 Å². The molecule has 9 atom stereocenters. The highest BCUT2D eigenvalue weighted by Gasteiger charge is 2.51. The smallest absolute Gasteiger partial charge is 0.308 e. The predicted molar refractivity (Wildman–Crippen MR) is 332 cm³/mol. The predicted octanol–water partition coefficient (Wildman–Crippen LogP) is 14.3. The van der Waals surface area contributed by atoms with E-state index in [0.717, 1.165) is 42.7 Å². The zero-order chi connectivity index (χ0) is 59.2. The van der Waals surface area contributed by atoms with Crippen LogP contribution in [0.1, 0.15) is 159 Å². The molecule has 1 aliphatic rings. The van der Waals surface area contributed by atoms with Crippen LogP contribution < -0.4 is 10.4 Å². The summed E-state index contributed by atoms with van der Waals surface area (Å²) in [4.78, 5) is 34.2. The first-order valence-corrected chi connectivity index (χ1v) is 37.3. The summed E-state index contributed by atoms with van der Waals surface area (Å²) in [6.07, 6.45) is 11.3. The number of esters is 1.